The Morgan fingerprint density at radius 1 is 1.08 bits per heavy atom. The molecule has 0 bridgehead atoms. The van der Waals surface area contributed by atoms with Crippen LogP contribution in [-0.4, -0.2) is 60.7 Å². The minimum absolute atomic E-state index is 0.0268. The molecule has 0 radical (unpaired) electrons. The predicted molar refractivity (Wildman–Crippen MR) is 96.3 cm³/mol. The van der Waals surface area contributed by atoms with Gasteiger partial charge in [-0.25, -0.2) is 0 Å². The SMILES string of the molecule is CC(C)(C)c1ccc(C(=O)NCC(=O)N2CCCN(C=O)CC2)cc1. The van der Waals surface area contributed by atoms with Crippen LogP contribution in [0, 0.1) is 0 Å². The molecule has 0 aliphatic carbocycles. The maximum Gasteiger partial charge on any atom is 0.251 e. The van der Waals surface area contributed by atoms with E-state index in [-0.39, 0.29) is 23.8 Å². The zero-order valence-corrected chi connectivity index (χ0v) is 15.2. The van der Waals surface area contributed by atoms with E-state index < -0.39 is 0 Å². The van der Waals surface area contributed by atoms with E-state index in [9.17, 15) is 14.4 Å². The zero-order valence-electron chi connectivity index (χ0n) is 15.2. The van der Waals surface area contributed by atoms with Crippen molar-refractivity contribution in [1.82, 2.24) is 15.1 Å². The highest BCUT2D eigenvalue weighted by Gasteiger charge is 2.19. The summed E-state index contributed by atoms with van der Waals surface area (Å²) < 4.78 is 0. The molecule has 0 atom stereocenters. The maximum absolute atomic E-state index is 12.3. The van der Waals surface area contributed by atoms with Crippen LogP contribution >= 0.6 is 0 Å². The lowest BCUT2D eigenvalue weighted by molar-refractivity contribution is -0.130. The molecule has 0 saturated carbocycles. The first-order valence-electron chi connectivity index (χ1n) is 8.67. The summed E-state index contributed by atoms with van der Waals surface area (Å²) in [4.78, 5) is 38.7. The Labute approximate surface area is 149 Å². The van der Waals surface area contributed by atoms with Gasteiger partial charge in [0.1, 0.15) is 0 Å². The Morgan fingerprint density at radius 3 is 2.36 bits per heavy atom. The molecule has 6 heteroatoms. The Balaban J connectivity index is 1.86. The minimum Gasteiger partial charge on any atom is -0.343 e. The Kier molecular flexibility index (Phi) is 6.17. The minimum atomic E-state index is -0.252. The number of hydrogen-bond acceptors (Lipinski definition) is 3. The summed E-state index contributed by atoms with van der Waals surface area (Å²) in [5.41, 5.74) is 1.74. The lowest BCUT2D eigenvalue weighted by Gasteiger charge is -2.21. The second kappa shape index (κ2) is 8.14. The van der Waals surface area contributed by atoms with Crippen LogP contribution in [0.4, 0.5) is 0 Å². The molecule has 1 saturated heterocycles. The van der Waals surface area contributed by atoms with Crippen LogP contribution in [0.5, 0.6) is 0 Å². The van der Waals surface area contributed by atoms with E-state index in [1.165, 1.54) is 0 Å². The first-order valence-corrected chi connectivity index (χ1v) is 8.67. The van der Waals surface area contributed by atoms with Crippen LogP contribution in [0.1, 0.15) is 43.1 Å². The second-order valence-electron chi connectivity index (χ2n) is 7.39. The molecule has 2 rings (SSSR count). The molecule has 136 valence electrons. The molecule has 25 heavy (non-hydrogen) atoms. The molecular formula is C19H27N3O3. The van der Waals surface area contributed by atoms with Gasteiger partial charge < -0.3 is 15.1 Å². The quantitative estimate of drug-likeness (QED) is 0.839. The van der Waals surface area contributed by atoms with E-state index in [2.05, 4.69) is 26.1 Å². The van der Waals surface area contributed by atoms with Crippen molar-refractivity contribution < 1.29 is 14.4 Å². The van der Waals surface area contributed by atoms with E-state index in [0.717, 1.165) is 18.4 Å². The molecule has 1 aromatic rings. The van der Waals surface area contributed by atoms with Crippen molar-refractivity contribution in [2.24, 2.45) is 0 Å². The van der Waals surface area contributed by atoms with Crippen LogP contribution in [-0.2, 0) is 15.0 Å². The summed E-state index contributed by atoms with van der Waals surface area (Å²) in [5.74, 6) is -0.370. The Morgan fingerprint density at radius 2 is 1.76 bits per heavy atom. The van der Waals surface area contributed by atoms with E-state index in [1.807, 2.05) is 12.1 Å². The van der Waals surface area contributed by atoms with Gasteiger partial charge in [-0.3, -0.25) is 14.4 Å². The first-order chi connectivity index (χ1) is 11.8. The number of benzene rings is 1. The van der Waals surface area contributed by atoms with E-state index in [1.54, 1.807) is 21.9 Å². The van der Waals surface area contributed by atoms with Crippen molar-refractivity contribution >= 4 is 18.2 Å². The van der Waals surface area contributed by atoms with Gasteiger partial charge in [0.15, 0.2) is 0 Å². The fourth-order valence-electron chi connectivity index (χ4n) is 2.78. The maximum atomic E-state index is 12.3. The number of amides is 3. The molecule has 1 aliphatic rings. The molecule has 0 unspecified atom stereocenters. The van der Waals surface area contributed by atoms with Crippen molar-refractivity contribution in [1.29, 1.82) is 0 Å². The lowest BCUT2D eigenvalue weighted by Crippen LogP contribution is -2.41. The summed E-state index contributed by atoms with van der Waals surface area (Å²) in [6.07, 6.45) is 1.57. The smallest absolute Gasteiger partial charge is 0.251 e. The van der Waals surface area contributed by atoms with Crippen molar-refractivity contribution in [3.05, 3.63) is 35.4 Å². The summed E-state index contributed by atoms with van der Waals surface area (Å²) in [7, 11) is 0. The van der Waals surface area contributed by atoms with Crippen molar-refractivity contribution in [2.45, 2.75) is 32.6 Å². The van der Waals surface area contributed by atoms with Gasteiger partial charge in [0.25, 0.3) is 5.91 Å². The average Bonchev–Trinajstić information content (AvgIpc) is 2.84. The predicted octanol–water partition coefficient (Wildman–Crippen LogP) is 1.40. The number of hydrogen-bond donors (Lipinski definition) is 1. The van der Waals surface area contributed by atoms with Gasteiger partial charge in [0.05, 0.1) is 6.54 Å². The first kappa shape index (κ1) is 19.0. The highest BCUT2D eigenvalue weighted by Crippen LogP contribution is 2.22. The molecule has 1 fully saturated rings. The van der Waals surface area contributed by atoms with Crippen LogP contribution in [0.15, 0.2) is 24.3 Å². The second-order valence-corrected chi connectivity index (χ2v) is 7.39. The fraction of sp³-hybridized carbons (Fsp3) is 0.526. The normalized spacial score (nSPS) is 15.5. The molecule has 3 amide bonds. The monoisotopic (exact) mass is 345 g/mol. The van der Waals surface area contributed by atoms with Crippen LogP contribution in [0.3, 0.4) is 0 Å². The van der Waals surface area contributed by atoms with Crippen molar-refractivity contribution in [2.75, 3.05) is 32.7 Å². The van der Waals surface area contributed by atoms with Gasteiger partial charge >= 0.3 is 0 Å². The van der Waals surface area contributed by atoms with Gasteiger partial charge in [0, 0.05) is 31.7 Å². The van der Waals surface area contributed by atoms with E-state index in [0.29, 0.717) is 31.7 Å². The van der Waals surface area contributed by atoms with Gasteiger partial charge in [-0.1, -0.05) is 32.9 Å². The lowest BCUT2D eigenvalue weighted by atomic mass is 9.87. The molecule has 6 nitrogen and oxygen atoms in total. The summed E-state index contributed by atoms with van der Waals surface area (Å²) in [6, 6.07) is 7.46. The summed E-state index contributed by atoms with van der Waals surface area (Å²) >= 11 is 0. The topological polar surface area (TPSA) is 69.7 Å². The molecule has 0 spiro atoms. The zero-order chi connectivity index (χ0) is 18.4. The summed E-state index contributed by atoms with van der Waals surface area (Å²) in [5, 5.41) is 2.69. The van der Waals surface area contributed by atoms with Gasteiger partial charge in [-0.05, 0) is 29.5 Å². The molecule has 1 heterocycles. The number of rotatable bonds is 4. The van der Waals surface area contributed by atoms with E-state index >= 15 is 0 Å². The highest BCUT2D eigenvalue weighted by atomic mass is 16.2. The molecule has 0 aromatic heterocycles. The van der Waals surface area contributed by atoms with Crippen LogP contribution in [0.25, 0.3) is 0 Å². The standard InChI is InChI=1S/C19H27N3O3/c1-19(2,3)16-7-5-15(6-8-16)18(25)20-13-17(24)22-10-4-9-21(14-23)11-12-22/h5-8,14H,4,9-13H2,1-3H3,(H,20,25). The van der Waals surface area contributed by atoms with Gasteiger partial charge in [-0.15, -0.1) is 0 Å². The van der Waals surface area contributed by atoms with Crippen LogP contribution < -0.4 is 5.32 Å². The largest absolute Gasteiger partial charge is 0.343 e. The Bertz CT molecular complexity index is 620. The molecule has 1 N–H and O–H groups in total. The summed E-state index contributed by atoms with van der Waals surface area (Å²) in [6.45, 7) is 8.65. The van der Waals surface area contributed by atoms with Gasteiger partial charge in [-0.2, -0.15) is 0 Å². The number of carbonyl (C=O) groups excluding carboxylic acids is 3. The van der Waals surface area contributed by atoms with Gasteiger partial charge in [0.2, 0.25) is 12.3 Å². The number of nitrogens with one attached hydrogen (secondary N) is 1. The van der Waals surface area contributed by atoms with Crippen molar-refractivity contribution in [3.8, 4) is 0 Å². The van der Waals surface area contributed by atoms with Crippen LogP contribution in [0.2, 0.25) is 0 Å². The molecule has 1 aliphatic heterocycles. The molecular weight excluding hydrogens is 318 g/mol. The van der Waals surface area contributed by atoms with Crippen molar-refractivity contribution in [3.63, 3.8) is 0 Å². The Hall–Kier alpha value is -2.37. The molecule has 1 aromatic carbocycles. The third-order valence-corrected chi connectivity index (χ3v) is 4.45. The van der Waals surface area contributed by atoms with E-state index in [4.69, 9.17) is 0 Å². The fourth-order valence-corrected chi connectivity index (χ4v) is 2.78. The number of carbonyl (C=O) groups is 3. The average molecular weight is 345 g/mol. The number of nitrogens with zero attached hydrogens (tertiary/aromatic N) is 2. The highest BCUT2D eigenvalue weighted by molar-refractivity contribution is 5.96. The third kappa shape index (κ3) is 5.31. The third-order valence-electron chi connectivity index (χ3n) is 4.45.